The molecular formula is C22H42O10P2Si+2. The van der Waals surface area contributed by atoms with Gasteiger partial charge in [-0.1, -0.05) is 27.7 Å². The number of hydrogen-bond acceptors (Lipinski definition) is 10. The molecule has 0 radical (unpaired) electrons. The SMILES string of the molecule is [3H][C@@H]1CC(O[P+](=O)O[C@@H]2C[C@@H]([3H])O[C@@H]2CO[P+](=O)O[C@@H]2C[C@@H]([3H])O[C@@H]2CC)[C@@H](CO[Si](C)(C)C(C)(C)C)O1. The van der Waals surface area contributed by atoms with E-state index in [2.05, 4.69) is 33.9 Å². The zero-order valence-electron chi connectivity index (χ0n) is 24.4. The van der Waals surface area contributed by atoms with Gasteiger partial charge < -0.3 is 18.6 Å². The van der Waals surface area contributed by atoms with E-state index >= 15 is 0 Å². The molecule has 3 fully saturated rings. The summed E-state index contributed by atoms with van der Waals surface area (Å²) in [5.74, 6) is 0. The summed E-state index contributed by atoms with van der Waals surface area (Å²) in [5, 5.41) is 0.00501. The molecule has 202 valence electrons. The van der Waals surface area contributed by atoms with Crippen molar-refractivity contribution in [1.82, 2.24) is 0 Å². The molecule has 0 aromatic carbocycles. The van der Waals surface area contributed by atoms with Crippen molar-refractivity contribution >= 4 is 24.8 Å². The second-order valence-corrected chi connectivity index (χ2v) is 17.0. The maximum atomic E-state index is 12.8. The Morgan fingerprint density at radius 2 is 1.29 bits per heavy atom. The molecule has 13 heteroatoms. The highest BCUT2D eigenvalue weighted by Gasteiger charge is 2.46. The monoisotopic (exact) mass is 562 g/mol. The summed E-state index contributed by atoms with van der Waals surface area (Å²) in [5.41, 5.74) is 0. The largest absolute Gasteiger partial charge is 0.698 e. The molecule has 0 aliphatic carbocycles. The third kappa shape index (κ3) is 8.55. The smallest absolute Gasteiger partial charge is 0.414 e. The quantitative estimate of drug-likeness (QED) is 0.218. The average Bonchev–Trinajstić information content (AvgIpc) is 3.45. The van der Waals surface area contributed by atoms with Gasteiger partial charge in [0.25, 0.3) is 0 Å². The topological polar surface area (TPSA) is 108 Å². The van der Waals surface area contributed by atoms with Crippen molar-refractivity contribution in [3.05, 3.63) is 0 Å². The highest BCUT2D eigenvalue weighted by molar-refractivity contribution is 7.33. The molecule has 3 aliphatic heterocycles. The van der Waals surface area contributed by atoms with Crippen molar-refractivity contribution in [2.45, 2.75) is 108 Å². The van der Waals surface area contributed by atoms with Crippen LogP contribution in [0.1, 0.15) is 57.5 Å². The first-order valence-corrected chi connectivity index (χ1v) is 17.2. The van der Waals surface area contributed by atoms with Crippen LogP contribution in [0.25, 0.3) is 0 Å². The van der Waals surface area contributed by atoms with Crippen molar-refractivity contribution in [2.24, 2.45) is 0 Å². The van der Waals surface area contributed by atoms with E-state index < -0.39 is 75.1 Å². The normalized spacial score (nSPS) is 40.4. The second kappa shape index (κ2) is 13.2. The van der Waals surface area contributed by atoms with Crippen molar-refractivity contribution in [3.8, 4) is 0 Å². The lowest BCUT2D eigenvalue weighted by Crippen LogP contribution is -2.44. The Labute approximate surface area is 216 Å². The van der Waals surface area contributed by atoms with Crippen LogP contribution in [0, 0.1) is 0 Å². The Morgan fingerprint density at radius 1 is 0.829 bits per heavy atom. The molecule has 3 rings (SSSR count). The summed E-state index contributed by atoms with van der Waals surface area (Å²) in [6.07, 6.45) is -2.31. The van der Waals surface area contributed by atoms with Crippen LogP contribution in [0.2, 0.25) is 18.1 Å². The molecule has 0 amide bonds. The van der Waals surface area contributed by atoms with Gasteiger partial charge in [-0.05, 0) is 24.6 Å². The van der Waals surface area contributed by atoms with Crippen LogP contribution >= 0.6 is 16.5 Å². The zero-order chi connectivity index (χ0) is 28.3. The van der Waals surface area contributed by atoms with Gasteiger partial charge in [0.15, 0.2) is 8.32 Å². The fourth-order valence-corrected chi connectivity index (χ4v) is 6.28. The third-order valence-electron chi connectivity index (χ3n) is 6.87. The average molecular weight is 563 g/mol. The van der Waals surface area contributed by atoms with Gasteiger partial charge in [-0.25, -0.2) is 0 Å². The van der Waals surface area contributed by atoms with Crippen LogP contribution in [0.3, 0.4) is 0 Å². The molecule has 3 saturated heterocycles. The minimum absolute atomic E-state index is 0.00501. The molecule has 0 bridgehead atoms. The summed E-state index contributed by atoms with van der Waals surface area (Å²) in [6.45, 7) is 10.1. The minimum atomic E-state index is -2.62. The molecular weight excluding hydrogens is 514 g/mol. The Kier molecular flexibility index (Phi) is 9.61. The summed E-state index contributed by atoms with van der Waals surface area (Å²) in [6, 6.07) is 0. The predicted molar refractivity (Wildman–Crippen MR) is 132 cm³/mol. The van der Waals surface area contributed by atoms with Crippen LogP contribution < -0.4 is 0 Å². The summed E-state index contributed by atoms with van der Waals surface area (Å²) >= 11 is 0. The predicted octanol–water partition coefficient (Wildman–Crippen LogP) is 5.27. The van der Waals surface area contributed by atoms with Crippen LogP contribution in [0.5, 0.6) is 0 Å². The molecule has 0 saturated carbocycles. The van der Waals surface area contributed by atoms with E-state index in [-0.39, 0.29) is 37.2 Å². The minimum Gasteiger partial charge on any atom is -0.414 e. The van der Waals surface area contributed by atoms with Gasteiger partial charge in [0.05, 0.1) is 16.8 Å². The molecule has 3 unspecified atom stereocenters. The van der Waals surface area contributed by atoms with E-state index in [0.717, 1.165) is 0 Å². The molecule has 3 heterocycles. The Morgan fingerprint density at radius 3 is 1.80 bits per heavy atom. The van der Waals surface area contributed by atoms with Crippen molar-refractivity contribution in [2.75, 3.05) is 33.0 Å². The van der Waals surface area contributed by atoms with Gasteiger partial charge in [0, 0.05) is 48.1 Å². The Hall–Kier alpha value is 0.0969. The van der Waals surface area contributed by atoms with Gasteiger partial charge in [-0.15, -0.1) is 18.1 Å². The van der Waals surface area contributed by atoms with E-state index in [1.54, 1.807) is 0 Å². The Bertz CT molecular complexity index is 823. The number of hydrogen-bond donors (Lipinski definition) is 0. The molecule has 10 nitrogen and oxygen atoms in total. The molecule has 0 aromatic rings. The zero-order valence-corrected chi connectivity index (χ0v) is 24.2. The van der Waals surface area contributed by atoms with E-state index in [4.69, 9.17) is 40.8 Å². The lowest BCUT2D eigenvalue weighted by molar-refractivity contribution is -0.00467. The highest BCUT2D eigenvalue weighted by atomic mass is 31.1. The molecule has 35 heavy (non-hydrogen) atoms. The van der Waals surface area contributed by atoms with Crippen LogP contribution in [0.15, 0.2) is 0 Å². The maximum Gasteiger partial charge on any atom is 0.698 e. The van der Waals surface area contributed by atoms with E-state index in [0.29, 0.717) is 12.8 Å². The lowest BCUT2D eigenvalue weighted by atomic mass is 10.1. The first-order valence-electron chi connectivity index (χ1n) is 13.9. The third-order valence-corrected chi connectivity index (χ3v) is 13.1. The molecule has 3 aliphatic rings. The van der Waals surface area contributed by atoms with Crippen LogP contribution in [-0.4, -0.2) is 77.9 Å². The van der Waals surface area contributed by atoms with Gasteiger partial charge >= 0.3 is 16.5 Å². The standard InChI is InChI=1S/C22H42O10P2Si/c1-7-16-17(8-11-25-16)30-33(23)28-14-20-18(9-12-26-20)31-34(24)32-19-10-13-27-21(19)15-29-35(5,6)22(2,3)4/h16-21H,7-15H2,1-6H3/q+2/t16-,17-,18-,19?,20-,21-/m1/s1/i11T,12T,13T/t11-,12-,13-,16-,17-,18-,19?,20-,21-. The van der Waals surface area contributed by atoms with Gasteiger partial charge in [0.2, 0.25) is 0 Å². The molecule has 0 N–H and O–H groups in total. The van der Waals surface area contributed by atoms with Gasteiger partial charge in [-0.2, -0.15) is 0 Å². The lowest BCUT2D eigenvalue weighted by Gasteiger charge is -2.37. The summed E-state index contributed by atoms with van der Waals surface area (Å²) in [4.78, 5) is 0. The molecule has 0 aromatic heterocycles. The van der Waals surface area contributed by atoms with E-state index in [1.165, 1.54) is 0 Å². The van der Waals surface area contributed by atoms with Crippen LogP contribution in [0.4, 0.5) is 0 Å². The summed E-state index contributed by atoms with van der Waals surface area (Å²) in [7, 11) is -7.20. The fourth-order valence-electron chi connectivity index (χ4n) is 3.55. The van der Waals surface area contributed by atoms with Gasteiger partial charge in [-0.3, -0.25) is 0 Å². The number of ether oxygens (including phenoxy) is 3. The van der Waals surface area contributed by atoms with E-state index in [1.807, 2.05) is 6.92 Å². The first kappa shape index (κ1) is 25.4. The molecule has 11 atom stereocenters. The van der Waals surface area contributed by atoms with Crippen LogP contribution in [-0.2, 0) is 45.9 Å². The second-order valence-electron chi connectivity index (χ2n) is 10.4. The first-order chi connectivity index (χ1) is 17.7. The van der Waals surface area contributed by atoms with Crippen molar-refractivity contribution in [3.63, 3.8) is 0 Å². The van der Waals surface area contributed by atoms with Crippen molar-refractivity contribution in [1.29, 1.82) is 0 Å². The molecule has 0 spiro atoms. The maximum absolute atomic E-state index is 12.8. The number of rotatable bonds is 13. The van der Waals surface area contributed by atoms with E-state index in [9.17, 15) is 9.13 Å². The van der Waals surface area contributed by atoms with Gasteiger partial charge in [0.1, 0.15) is 37.1 Å². The van der Waals surface area contributed by atoms with Crippen molar-refractivity contribution < 1.29 is 50.0 Å². The fraction of sp³-hybridized carbons (Fsp3) is 1.00. The highest BCUT2D eigenvalue weighted by Crippen LogP contribution is 2.40. The Balaban J connectivity index is 1.48. The summed E-state index contributed by atoms with van der Waals surface area (Å²) < 4.78 is 93.5.